The monoisotopic (exact) mass is 473 g/mol. The van der Waals surface area contributed by atoms with Crippen molar-refractivity contribution in [3.63, 3.8) is 0 Å². The summed E-state index contributed by atoms with van der Waals surface area (Å²) in [5.41, 5.74) is 3.76. The number of aromatic nitrogens is 4. The first-order valence-electron chi connectivity index (χ1n) is 11.1. The van der Waals surface area contributed by atoms with Gasteiger partial charge in [0, 0.05) is 29.3 Å². The van der Waals surface area contributed by atoms with Crippen LogP contribution in [-0.2, 0) is 4.79 Å². The second kappa shape index (κ2) is 11.0. The molecule has 7 nitrogen and oxygen atoms in total. The van der Waals surface area contributed by atoms with Gasteiger partial charge in [0.1, 0.15) is 5.75 Å². The van der Waals surface area contributed by atoms with Crippen LogP contribution in [0, 0.1) is 0 Å². The molecule has 2 aromatic heterocycles. The van der Waals surface area contributed by atoms with E-state index in [0.29, 0.717) is 16.9 Å². The molecule has 0 spiro atoms. The summed E-state index contributed by atoms with van der Waals surface area (Å²) in [5.74, 6) is 2.01. The Morgan fingerprint density at radius 1 is 1.09 bits per heavy atom. The second-order valence-corrected chi connectivity index (χ2v) is 8.79. The lowest BCUT2D eigenvalue weighted by atomic mass is 9.99. The average Bonchev–Trinajstić information content (AvgIpc) is 3.32. The summed E-state index contributed by atoms with van der Waals surface area (Å²) in [6.07, 6.45) is 4.54. The molecule has 174 valence electrons. The summed E-state index contributed by atoms with van der Waals surface area (Å²) < 4.78 is 7.21. The number of benzene rings is 2. The fraction of sp³-hybridized carbons (Fsp3) is 0.231. The summed E-state index contributed by atoms with van der Waals surface area (Å²) in [6, 6.07) is 19.5. The topological polar surface area (TPSA) is 81.9 Å². The first kappa shape index (κ1) is 23.5. The SMILES string of the molecule is CC[C@@H](C)c1ccc(NC(=O)CSc2nnc(-c3cccnc3)n2-c2ccc(OC)cc2)cc1. The number of anilines is 1. The number of nitrogens with zero attached hydrogens (tertiary/aromatic N) is 4. The highest BCUT2D eigenvalue weighted by atomic mass is 32.2. The Labute approximate surface area is 203 Å². The zero-order chi connectivity index (χ0) is 23.9. The van der Waals surface area contributed by atoms with Crippen LogP contribution in [0.2, 0.25) is 0 Å². The number of rotatable bonds is 9. The van der Waals surface area contributed by atoms with Gasteiger partial charge in [-0.25, -0.2) is 0 Å². The van der Waals surface area contributed by atoms with Crippen molar-refractivity contribution in [1.82, 2.24) is 19.7 Å². The first-order valence-corrected chi connectivity index (χ1v) is 12.1. The first-order chi connectivity index (χ1) is 16.6. The fourth-order valence-corrected chi connectivity index (χ4v) is 4.22. The van der Waals surface area contributed by atoms with Crippen LogP contribution in [0.5, 0.6) is 5.75 Å². The van der Waals surface area contributed by atoms with Gasteiger partial charge >= 0.3 is 0 Å². The Morgan fingerprint density at radius 3 is 2.50 bits per heavy atom. The van der Waals surface area contributed by atoms with Gasteiger partial charge in [-0.15, -0.1) is 10.2 Å². The third-order valence-electron chi connectivity index (χ3n) is 5.59. The second-order valence-electron chi connectivity index (χ2n) is 7.85. The maximum atomic E-state index is 12.7. The van der Waals surface area contributed by atoms with E-state index in [1.54, 1.807) is 19.5 Å². The molecule has 2 heterocycles. The number of nitrogens with one attached hydrogen (secondary N) is 1. The van der Waals surface area contributed by atoms with E-state index in [-0.39, 0.29) is 11.7 Å². The Balaban J connectivity index is 1.52. The van der Waals surface area contributed by atoms with Crippen molar-refractivity contribution in [2.24, 2.45) is 0 Å². The number of amides is 1. The van der Waals surface area contributed by atoms with E-state index in [1.807, 2.05) is 53.1 Å². The molecule has 34 heavy (non-hydrogen) atoms. The third-order valence-corrected chi connectivity index (χ3v) is 6.52. The molecule has 0 fully saturated rings. The maximum Gasteiger partial charge on any atom is 0.234 e. The molecule has 2 aromatic carbocycles. The van der Waals surface area contributed by atoms with Gasteiger partial charge < -0.3 is 10.1 Å². The van der Waals surface area contributed by atoms with Gasteiger partial charge in [0.2, 0.25) is 5.91 Å². The van der Waals surface area contributed by atoms with Gasteiger partial charge in [0.05, 0.1) is 12.9 Å². The zero-order valence-electron chi connectivity index (χ0n) is 19.4. The van der Waals surface area contributed by atoms with E-state index in [4.69, 9.17) is 4.74 Å². The van der Waals surface area contributed by atoms with E-state index in [0.717, 1.165) is 29.1 Å². The van der Waals surface area contributed by atoms with Gasteiger partial charge in [-0.05, 0) is 66.4 Å². The predicted octanol–water partition coefficient (Wildman–Crippen LogP) is 5.58. The van der Waals surface area contributed by atoms with Gasteiger partial charge in [-0.2, -0.15) is 0 Å². The number of pyridine rings is 1. The molecule has 0 radical (unpaired) electrons. The molecule has 0 aliphatic heterocycles. The van der Waals surface area contributed by atoms with Crippen LogP contribution in [0.25, 0.3) is 17.1 Å². The number of carbonyl (C=O) groups is 1. The lowest BCUT2D eigenvalue weighted by molar-refractivity contribution is -0.113. The Bertz CT molecular complexity index is 1220. The van der Waals surface area contributed by atoms with Gasteiger partial charge in [-0.3, -0.25) is 14.3 Å². The van der Waals surface area contributed by atoms with Crippen LogP contribution in [0.1, 0.15) is 31.7 Å². The number of carbonyl (C=O) groups excluding carboxylic acids is 1. The largest absolute Gasteiger partial charge is 0.497 e. The van der Waals surface area contributed by atoms with Crippen LogP contribution in [0.3, 0.4) is 0 Å². The summed E-state index contributed by atoms with van der Waals surface area (Å²) in [7, 11) is 1.63. The minimum Gasteiger partial charge on any atom is -0.497 e. The zero-order valence-corrected chi connectivity index (χ0v) is 20.2. The molecular formula is C26H27N5O2S. The van der Waals surface area contributed by atoms with Crippen LogP contribution in [0.15, 0.2) is 78.2 Å². The van der Waals surface area contributed by atoms with E-state index in [9.17, 15) is 4.79 Å². The third kappa shape index (κ3) is 5.46. The number of methoxy groups -OCH3 is 1. The van der Waals surface area contributed by atoms with Crippen LogP contribution < -0.4 is 10.1 Å². The Morgan fingerprint density at radius 2 is 1.85 bits per heavy atom. The predicted molar refractivity (Wildman–Crippen MR) is 136 cm³/mol. The number of hydrogen-bond donors (Lipinski definition) is 1. The van der Waals surface area contributed by atoms with Crippen molar-refractivity contribution < 1.29 is 9.53 Å². The number of thioether (sulfide) groups is 1. The molecule has 1 N–H and O–H groups in total. The minimum atomic E-state index is -0.103. The van der Waals surface area contributed by atoms with Crippen molar-refractivity contribution in [3.05, 3.63) is 78.6 Å². The highest BCUT2D eigenvalue weighted by Gasteiger charge is 2.18. The minimum absolute atomic E-state index is 0.103. The van der Waals surface area contributed by atoms with Gasteiger partial charge in [0.25, 0.3) is 0 Å². The average molecular weight is 474 g/mol. The number of hydrogen-bond acceptors (Lipinski definition) is 6. The summed E-state index contributed by atoms with van der Waals surface area (Å²) in [6.45, 7) is 4.37. The van der Waals surface area contributed by atoms with Crippen molar-refractivity contribution >= 4 is 23.4 Å². The quantitative estimate of drug-likeness (QED) is 0.320. The molecule has 0 saturated heterocycles. The highest BCUT2D eigenvalue weighted by molar-refractivity contribution is 7.99. The summed E-state index contributed by atoms with van der Waals surface area (Å²) in [5, 5.41) is 12.3. The summed E-state index contributed by atoms with van der Waals surface area (Å²) >= 11 is 1.33. The van der Waals surface area contributed by atoms with Crippen molar-refractivity contribution in [2.45, 2.75) is 31.3 Å². The lowest BCUT2D eigenvalue weighted by Gasteiger charge is -2.12. The van der Waals surface area contributed by atoms with E-state index in [2.05, 4.69) is 46.5 Å². The lowest BCUT2D eigenvalue weighted by Crippen LogP contribution is -2.14. The molecular weight excluding hydrogens is 446 g/mol. The molecule has 0 saturated carbocycles. The maximum absolute atomic E-state index is 12.7. The Hall–Kier alpha value is -3.65. The fourth-order valence-electron chi connectivity index (χ4n) is 3.47. The van der Waals surface area contributed by atoms with E-state index < -0.39 is 0 Å². The van der Waals surface area contributed by atoms with E-state index >= 15 is 0 Å². The normalized spacial score (nSPS) is 11.7. The molecule has 0 aliphatic carbocycles. The molecule has 0 aliphatic rings. The van der Waals surface area contributed by atoms with Crippen LogP contribution in [-0.4, -0.2) is 38.5 Å². The molecule has 4 aromatic rings. The molecule has 0 bridgehead atoms. The molecule has 8 heteroatoms. The molecule has 0 unspecified atom stereocenters. The van der Waals surface area contributed by atoms with Crippen molar-refractivity contribution in [3.8, 4) is 22.8 Å². The summed E-state index contributed by atoms with van der Waals surface area (Å²) in [4.78, 5) is 16.9. The van der Waals surface area contributed by atoms with Crippen molar-refractivity contribution in [1.29, 1.82) is 0 Å². The van der Waals surface area contributed by atoms with Gasteiger partial charge in [-0.1, -0.05) is 37.7 Å². The van der Waals surface area contributed by atoms with E-state index in [1.165, 1.54) is 17.3 Å². The standard InChI is InChI=1S/C26H27N5O2S/c1-4-18(2)19-7-9-21(10-8-19)28-24(32)17-34-26-30-29-25(20-6-5-15-27-16-20)31(26)22-11-13-23(33-3)14-12-22/h5-16,18H,4,17H2,1-3H3,(H,28,32)/t18-/m1/s1. The van der Waals surface area contributed by atoms with Crippen LogP contribution in [0.4, 0.5) is 5.69 Å². The van der Waals surface area contributed by atoms with Crippen LogP contribution >= 0.6 is 11.8 Å². The number of ether oxygens (including phenoxy) is 1. The van der Waals surface area contributed by atoms with Gasteiger partial charge in [0.15, 0.2) is 11.0 Å². The molecule has 1 amide bonds. The highest BCUT2D eigenvalue weighted by Crippen LogP contribution is 2.29. The van der Waals surface area contributed by atoms with Crippen molar-refractivity contribution in [2.75, 3.05) is 18.2 Å². The smallest absolute Gasteiger partial charge is 0.234 e. The Kier molecular flexibility index (Phi) is 7.59. The molecule has 4 rings (SSSR count). The molecule has 1 atom stereocenters.